The van der Waals surface area contributed by atoms with Gasteiger partial charge in [-0.25, -0.2) is 4.90 Å². The summed E-state index contributed by atoms with van der Waals surface area (Å²) in [7, 11) is 0. The number of rotatable bonds is 2. The Bertz CT molecular complexity index is 816. The lowest BCUT2D eigenvalue weighted by Crippen LogP contribution is -2.34. The van der Waals surface area contributed by atoms with Crippen LogP contribution >= 0.6 is 35.6 Å². The van der Waals surface area contributed by atoms with Crippen molar-refractivity contribution in [2.45, 2.75) is 0 Å². The summed E-state index contributed by atoms with van der Waals surface area (Å²) >= 11 is 12.2. The topological polar surface area (TPSA) is 37.4 Å². The highest BCUT2D eigenvalue weighted by atomic mass is 35.5. The van der Waals surface area contributed by atoms with Gasteiger partial charge in [-0.15, -0.1) is 0 Å². The molecular weight excluding hydrogens is 350 g/mol. The van der Waals surface area contributed by atoms with Crippen molar-refractivity contribution in [3.05, 3.63) is 75.7 Å². The quantitative estimate of drug-likeness (QED) is 0.453. The molecule has 0 radical (unpaired) electrons. The molecule has 3 rings (SSSR count). The Labute approximate surface area is 147 Å². The molecule has 0 N–H and O–H groups in total. The van der Waals surface area contributed by atoms with Crippen molar-refractivity contribution in [2.24, 2.45) is 0 Å². The monoisotopic (exact) mass is 359 g/mol. The lowest BCUT2D eigenvalue weighted by Gasteiger charge is -2.12. The number of halogens is 1. The van der Waals surface area contributed by atoms with Crippen molar-refractivity contribution in [3.63, 3.8) is 0 Å². The minimum Gasteiger partial charge on any atom is -0.268 e. The number of thioether (sulfide) groups is 1. The highest BCUT2D eigenvalue weighted by Gasteiger charge is 2.37. The van der Waals surface area contributed by atoms with Crippen LogP contribution < -0.4 is 0 Å². The Hall–Kier alpha value is -1.95. The number of benzene rings is 2. The Morgan fingerprint density at radius 1 is 1.09 bits per heavy atom. The van der Waals surface area contributed by atoms with Gasteiger partial charge in [0.05, 0.1) is 4.91 Å². The zero-order valence-corrected chi connectivity index (χ0v) is 14.1. The fourth-order valence-electron chi connectivity index (χ4n) is 2.06. The fraction of sp³-hybridized carbons (Fsp3) is 0. The maximum absolute atomic E-state index is 12.5. The Morgan fingerprint density at radius 2 is 1.74 bits per heavy atom. The van der Waals surface area contributed by atoms with Crippen LogP contribution in [0.15, 0.2) is 59.5 Å². The molecule has 2 amide bonds. The molecule has 2 aromatic carbocycles. The van der Waals surface area contributed by atoms with Crippen molar-refractivity contribution in [1.82, 2.24) is 4.90 Å². The van der Waals surface area contributed by atoms with Gasteiger partial charge >= 0.3 is 0 Å². The molecule has 6 heteroatoms. The van der Waals surface area contributed by atoms with Gasteiger partial charge in [-0.3, -0.25) is 9.59 Å². The van der Waals surface area contributed by atoms with E-state index in [0.717, 1.165) is 22.2 Å². The van der Waals surface area contributed by atoms with Gasteiger partial charge < -0.3 is 0 Å². The summed E-state index contributed by atoms with van der Waals surface area (Å²) < 4.78 is 0.240. The van der Waals surface area contributed by atoms with Crippen LogP contribution in [0.2, 0.25) is 5.02 Å². The summed E-state index contributed by atoms with van der Waals surface area (Å²) in [5.74, 6) is -0.809. The average molecular weight is 360 g/mol. The molecule has 1 heterocycles. The van der Waals surface area contributed by atoms with Crippen LogP contribution in [0.4, 0.5) is 0 Å². The minimum absolute atomic E-state index is 0.240. The first kappa shape index (κ1) is 15.9. The van der Waals surface area contributed by atoms with Crippen molar-refractivity contribution in [3.8, 4) is 0 Å². The smallest absolute Gasteiger partial charge is 0.268 e. The summed E-state index contributed by atoms with van der Waals surface area (Å²) in [6, 6.07) is 15.7. The predicted octanol–water partition coefficient (Wildman–Crippen LogP) is 4.38. The van der Waals surface area contributed by atoms with Crippen LogP contribution in [0.25, 0.3) is 6.08 Å². The Kier molecular flexibility index (Phi) is 4.61. The SMILES string of the molecule is O=C1/C(=C/c2ccc(Cl)cc2)SC(=S)N1C(=O)c1ccccc1. The second kappa shape index (κ2) is 6.66. The first-order chi connectivity index (χ1) is 11.1. The van der Waals surface area contributed by atoms with E-state index in [2.05, 4.69) is 0 Å². The molecule has 0 bridgehead atoms. The number of imide groups is 1. The van der Waals surface area contributed by atoms with Crippen molar-refractivity contribution in [1.29, 1.82) is 0 Å². The third kappa shape index (κ3) is 3.37. The molecule has 0 unspecified atom stereocenters. The summed E-state index contributed by atoms with van der Waals surface area (Å²) in [5.41, 5.74) is 1.25. The molecule has 0 aliphatic carbocycles. The van der Waals surface area contributed by atoms with Crippen LogP contribution in [0.3, 0.4) is 0 Å². The van der Waals surface area contributed by atoms with E-state index in [1.165, 1.54) is 0 Å². The van der Waals surface area contributed by atoms with Crippen LogP contribution in [0.1, 0.15) is 15.9 Å². The number of thiocarbonyl (C=S) groups is 1. The second-order valence-corrected chi connectivity index (χ2v) is 6.85. The molecule has 23 heavy (non-hydrogen) atoms. The maximum atomic E-state index is 12.5. The van der Waals surface area contributed by atoms with Crippen molar-refractivity contribution in [2.75, 3.05) is 0 Å². The highest BCUT2D eigenvalue weighted by Crippen LogP contribution is 2.33. The predicted molar refractivity (Wildman–Crippen MR) is 97.2 cm³/mol. The zero-order chi connectivity index (χ0) is 16.4. The number of hydrogen-bond acceptors (Lipinski definition) is 4. The molecule has 1 fully saturated rings. The average Bonchev–Trinajstić information content (AvgIpc) is 2.84. The van der Waals surface area contributed by atoms with Gasteiger partial charge in [0.15, 0.2) is 4.32 Å². The standard InChI is InChI=1S/C17H10ClNO2S2/c18-13-8-6-11(7-9-13)10-14-16(21)19(17(22)23-14)15(20)12-4-2-1-3-5-12/h1-10H/b14-10-. The Morgan fingerprint density at radius 3 is 2.39 bits per heavy atom. The molecule has 0 atom stereocenters. The highest BCUT2D eigenvalue weighted by molar-refractivity contribution is 8.26. The van der Waals surface area contributed by atoms with Gasteiger partial charge in [0.2, 0.25) is 0 Å². The molecule has 3 nitrogen and oxygen atoms in total. The number of carbonyl (C=O) groups excluding carboxylic acids is 2. The van der Waals surface area contributed by atoms with E-state index < -0.39 is 11.8 Å². The van der Waals surface area contributed by atoms with Gasteiger partial charge in [-0.2, -0.15) is 0 Å². The molecule has 0 spiro atoms. The third-order valence-corrected chi connectivity index (χ3v) is 4.74. The molecule has 2 aromatic rings. The minimum atomic E-state index is -0.410. The van der Waals surface area contributed by atoms with E-state index in [1.54, 1.807) is 54.6 Å². The third-order valence-electron chi connectivity index (χ3n) is 3.19. The summed E-state index contributed by atoms with van der Waals surface area (Å²) in [6.07, 6.45) is 1.70. The van der Waals surface area contributed by atoms with Gasteiger partial charge in [0.1, 0.15) is 0 Å². The molecule has 0 aromatic heterocycles. The number of amides is 2. The lowest BCUT2D eigenvalue weighted by atomic mass is 10.2. The van der Waals surface area contributed by atoms with Gasteiger partial charge in [-0.05, 0) is 35.9 Å². The largest absolute Gasteiger partial charge is 0.273 e. The molecular formula is C17H10ClNO2S2. The summed E-state index contributed by atoms with van der Waals surface area (Å²) in [6.45, 7) is 0. The molecule has 1 aliphatic rings. The van der Waals surface area contributed by atoms with E-state index in [1.807, 2.05) is 6.07 Å². The van der Waals surface area contributed by atoms with E-state index >= 15 is 0 Å². The number of nitrogens with zero attached hydrogens (tertiary/aromatic N) is 1. The van der Waals surface area contributed by atoms with Crippen LogP contribution in [0, 0.1) is 0 Å². The van der Waals surface area contributed by atoms with E-state index in [9.17, 15) is 9.59 Å². The van der Waals surface area contributed by atoms with Crippen molar-refractivity contribution >= 4 is 57.8 Å². The molecule has 1 aliphatic heterocycles. The van der Waals surface area contributed by atoms with E-state index in [0.29, 0.717) is 15.5 Å². The van der Waals surface area contributed by atoms with Crippen LogP contribution in [0.5, 0.6) is 0 Å². The Balaban J connectivity index is 1.88. The van der Waals surface area contributed by atoms with E-state index in [4.69, 9.17) is 23.8 Å². The van der Waals surface area contributed by atoms with Crippen molar-refractivity contribution < 1.29 is 9.59 Å². The maximum Gasteiger partial charge on any atom is 0.273 e. The normalized spacial score (nSPS) is 16.2. The first-order valence-electron chi connectivity index (χ1n) is 6.69. The second-order valence-electron chi connectivity index (χ2n) is 4.74. The zero-order valence-electron chi connectivity index (χ0n) is 11.7. The van der Waals surface area contributed by atoms with Gasteiger partial charge in [-0.1, -0.05) is 65.9 Å². The summed E-state index contributed by atoms with van der Waals surface area (Å²) in [4.78, 5) is 26.4. The number of carbonyl (C=O) groups is 2. The van der Waals surface area contributed by atoms with Gasteiger partial charge in [0.25, 0.3) is 11.8 Å². The number of hydrogen-bond donors (Lipinski definition) is 0. The van der Waals surface area contributed by atoms with Crippen LogP contribution in [-0.2, 0) is 4.79 Å². The molecule has 114 valence electrons. The molecule has 1 saturated heterocycles. The van der Waals surface area contributed by atoms with E-state index in [-0.39, 0.29) is 4.32 Å². The van der Waals surface area contributed by atoms with Crippen LogP contribution in [-0.4, -0.2) is 21.0 Å². The fourth-order valence-corrected chi connectivity index (χ4v) is 3.44. The molecule has 0 saturated carbocycles. The lowest BCUT2D eigenvalue weighted by molar-refractivity contribution is -0.120. The first-order valence-corrected chi connectivity index (χ1v) is 8.29. The van der Waals surface area contributed by atoms with Gasteiger partial charge in [0, 0.05) is 10.6 Å². The summed E-state index contributed by atoms with van der Waals surface area (Å²) in [5, 5.41) is 0.619.